The van der Waals surface area contributed by atoms with E-state index in [0.29, 0.717) is 44.9 Å². The number of hydrogen-bond donors (Lipinski definition) is 1. The third-order valence-corrected chi connectivity index (χ3v) is 9.23. The van der Waals surface area contributed by atoms with E-state index in [0.717, 1.165) is 6.42 Å². The predicted octanol–water partition coefficient (Wildman–Crippen LogP) is 8.75. The van der Waals surface area contributed by atoms with Gasteiger partial charge >= 0.3 is 13.8 Å². The number of nitrogens with zero attached hydrogens (tertiary/aromatic N) is 1. The maximum atomic E-state index is 12.6. The first kappa shape index (κ1) is 42.7. The van der Waals surface area contributed by atoms with E-state index in [1.807, 2.05) is 35.2 Å². The molecule has 1 rings (SSSR count). The molecule has 268 valence electrons. The second-order valence-corrected chi connectivity index (χ2v) is 13.9. The minimum Gasteiger partial charge on any atom is -0.469 e. The highest BCUT2D eigenvalue weighted by Crippen LogP contribution is 2.43. The number of carbonyl (C=O) groups excluding carboxylic acids is 1. The zero-order valence-electron chi connectivity index (χ0n) is 29.4. The molecule has 1 heterocycles. The Morgan fingerprint density at radius 3 is 1.89 bits per heavy atom. The number of aromatic nitrogens is 1. The van der Waals surface area contributed by atoms with Crippen molar-refractivity contribution in [2.24, 2.45) is 5.92 Å². The third-order valence-electron chi connectivity index (χ3n) is 8.25. The van der Waals surface area contributed by atoms with Gasteiger partial charge in [-0.05, 0) is 31.6 Å². The maximum absolute atomic E-state index is 12.6. The summed E-state index contributed by atoms with van der Waals surface area (Å²) in [6, 6.07) is 5.67. The first-order chi connectivity index (χ1) is 22.4. The summed E-state index contributed by atoms with van der Waals surface area (Å²) in [5, 5.41) is 0. The normalized spacial score (nSPS) is 14.2. The van der Waals surface area contributed by atoms with Gasteiger partial charge in [-0.15, -0.1) is 0 Å². The van der Waals surface area contributed by atoms with Gasteiger partial charge in [0.1, 0.15) is 12.7 Å². The van der Waals surface area contributed by atoms with Gasteiger partial charge in [0, 0.05) is 31.8 Å². The zero-order chi connectivity index (χ0) is 33.6. The average molecular weight is 673 g/mol. The summed E-state index contributed by atoms with van der Waals surface area (Å²) in [7, 11) is -2.88. The fraction of sp³-hybridized carbons (Fsp3) is 0.833. The lowest BCUT2D eigenvalue weighted by Crippen LogP contribution is -2.34. The van der Waals surface area contributed by atoms with Crippen LogP contribution in [0.5, 0.6) is 0 Å². The molecule has 0 fully saturated rings. The summed E-state index contributed by atoms with van der Waals surface area (Å²) < 4.78 is 41.9. The van der Waals surface area contributed by atoms with Crippen LogP contribution in [0.3, 0.4) is 0 Å². The SMILES string of the molecule is CCCCCCCCCCC(CCCCCCCC)COCC(COP(=O)(O)OCC[n+]1ccccc1)OCCCCC(=O)OC. The number of unbranched alkanes of at least 4 members (excludes halogenated alkanes) is 13. The number of pyridine rings is 1. The number of carbonyl (C=O) groups is 1. The molecule has 3 unspecified atom stereocenters. The van der Waals surface area contributed by atoms with E-state index in [1.165, 1.54) is 103 Å². The summed E-state index contributed by atoms with van der Waals surface area (Å²) in [5.41, 5.74) is 0. The lowest BCUT2D eigenvalue weighted by atomic mass is 9.94. The van der Waals surface area contributed by atoms with Gasteiger partial charge < -0.3 is 19.1 Å². The van der Waals surface area contributed by atoms with Crippen molar-refractivity contribution in [3.05, 3.63) is 30.6 Å². The molecule has 3 atom stereocenters. The summed E-state index contributed by atoms with van der Waals surface area (Å²) in [4.78, 5) is 21.7. The quantitative estimate of drug-likeness (QED) is 0.0342. The largest absolute Gasteiger partial charge is 0.472 e. The van der Waals surface area contributed by atoms with E-state index in [9.17, 15) is 14.3 Å². The smallest absolute Gasteiger partial charge is 0.469 e. The van der Waals surface area contributed by atoms with Crippen LogP contribution in [-0.4, -0.2) is 57.1 Å². The van der Waals surface area contributed by atoms with Crippen LogP contribution in [-0.2, 0) is 39.2 Å². The third kappa shape index (κ3) is 25.7. The number of methoxy groups -OCH3 is 1. The highest BCUT2D eigenvalue weighted by atomic mass is 31.2. The number of rotatable bonds is 33. The molecule has 0 aliphatic heterocycles. The van der Waals surface area contributed by atoms with Crippen molar-refractivity contribution in [2.75, 3.05) is 40.1 Å². The van der Waals surface area contributed by atoms with Crippen LogP contribution in [0.15, 0.2) is 30.6 Å². The fourth-order valence-corrected chi connectivity index (χ4v) is 6.13. The van der Waals surface area contributed by atoms with Gasteiger partial charge in [0.25, 0.3) is 0 Å². The minimum atomic E-state index is -4.26. The van der Waals surface area contributed by atoms with Gasteiger partial charge in [-0.25, -0.2) is 9.13 Å². The van der Waals surface area contributed by atoms with Crippen molar-refractivity contribution in [1.29, 1.82) is 0 Å². The van der Waals surface area contributed by atoms with E-state index in [-0.39, 0.29) is 25.8 Å². The highest BCUT2D eigenvalue weighted by Gasteiger charge is 2.25. The Bertz CT molecular complexity index is 875. The molecule has 1 aromatic rings. The lowest BCUT2D eigenvalue weighted by Gasteiger charge is -2.22. The van der Waals surface area contributed by atoms with Crippen molar-refractivity contribution in [2.45, 2.75) is 148 Å². The van der Waals surface area contributed by atoms with E-state index in [4.69, 9.17) is 23.3 Å². The standard InChI is InChI=1S/C36H66NO8P/c1-4-6-8-10-12-13-15-18-24-34(23-17-14-11-9-7-5-2)31-42-32-35(43-29-22-19-25-36(38)41-3)33-45-46(39,40)44-30-28-37-26-20-16-21-27-37/h16,20-21,26-27,34-35H,4-15,17-19,22-25,28-33H2,1-3H3/p+1. The Morgan fingerprint density at radius 2 is 1.30 bits per heavy atom. The van der Waals surface area contributed by atoms with Gasteiger partial charge in [-0.2, -0.15) is 0 Å². The molecule has 0 saturated heterocycles. The van der Waals surface area contributed by atoms with Crippen molar-refractivity contribution < 1.29 is 42.1 Å². The number of hydrogen-bond acceptors (Lipinski definition) is 7. The van der Waals surface area contributed by atoms with Crippen LogP contribution in [0.25, 0.3) is 0 Å². The van der Waals surface area contributed by atoms with Crippen molar-refractivity contribution in [1.82, 2.24) is 0 Å². The van der Waals surface area contributed by atoms with Crippen LogP contribution >= 0.6 is 7.82 Å². The predicted molar refractivity (Wildman–Crippen MR) is 184 cm³/mol. The molecule has 46 heavy (non-hydrogen) atoms. The van der Waals surface area contributed by atoms with E-state index in [1.54, 1.807) is 0 Å². The first-order valence-corrected chi connectivity index (χ1v) is 19.7. The number of phosphoric ester groups is 1. The fourth-order valence-electron chi connectivity index (χ4n) is 5.38. The molecule has 0 spiro atoms. The van der Waals surface area contributed by atoms with Gasteiger partial charge in [0.2, 0.25) is 0 Å². The molecule has 0 aliphatic carbocycles. The number of phosphoric acid groups is 1. The molecule has 1 aromatic heterocycles. The van der Waals surface area contributed by atoms with Gasteiger partial charge in [0.05, 0.1) is 20.3 Å². The highest BCUT2D eigenvalue weighted by molar-refractivity contribution is 7.47. The molecule has 9 nitrogen and oxygen atoms in total. The van der Waals surface area contributed by atoms with E-state index < -0.39 is 13.9 Å². The summed E-state index contributed by atoms with van der Waals surface area (Å²) in [6.45, 7) is 6.15. The van der Waals surface area contributed by atoms with Crippen LogP contribution in [0, 0.1) is 5.92 Å². The van der Waals surface area contributed by atoms with Crippen LogP contribution in [0.4, 0.5) is 0 Å². The molecule has 0 amide bonds. The molecular weight excluding hydrogens is 605 g/mol. The second kappa shape index (κ2) is 29.8. The molecule has 0 bridgehead atoms. The summed E-state index contributed by atoms with van der Waals surface area (Å²) in [6.07, 6.45) is 25.3. The lowest BCUT2D eigenvalue weighted by molar-refractivity contribution is -0.697. The van der Waals surface area contributed by atoms with Crippen LogP contribution < -0.4 is 4.57 Å². The molecule has 0 aliphatic rings. The van der Waals surface area contributed by atoms with Gasteiger partial charge in [-0.3, -0.25) is 13.8 Å². The van der Waals surface area contributed by atoms with E-state index in [2.05, 4.69) is 13.8 Å². The molecule has 1 N–H and O–H groups in total. The Hall–Kier alpha value is -1.35. The van der Waals surface area contributed by atoms with Gasteiger partial charge in [-0.1, -0.05) is 110 Å². The molecule has 0 saturated carbocycles. The molecule has 0 radical (unpaired) electrons. The maximum Gasteiger partial charge on any atom is 0.472 e. The summed E-state index contributed by atoms with van der Waals surface area (Å²) >= 11 is 0. The van der Waals surface area contributed by atoms with Crippen molar-refractivity contribution in [3.63, 3.8) is 0 Å². The van der Waals surface area contributed by atoms with Crippen LogP contribution in [0.1, 0.15) is 136 Å². The monoisotopic (exact) mass is 672 g/mol. The molecule has 0 aromatic carbocycles. The van der Waals surface area contributed by atoms with Gasteiger partial charge in [0.15, 0.2) is 18.9 Å². The summed E-state index contributed by atoms with van der Waals surface area (Å²) in [5.74, 6) is 0.249. The molecule has 10 heteroatoms. The topological polar surface area (TPSA) is 104 Å². The Morgan fingerprint density at radius 1 is 0.717 bits per heavy atom. The zero-order valence-corrected chi connectivity index (χ0v) is 30.3. The molecular formula is C36H67NO8P+. The van der Waals surface area contributed by atoms with Crippen LogP contribution in [0.2, 0.25) is 0 Å². The number of esters is 1. The Labute approximate surface area is 280 Å². The number of ether oxygens (including phenoxy) is 3. The second-order valence-electron chi connectivity index (χ2n) is 12.5. The van der Waals surface area contributed by atoms with E-state index >= 15 is 0 Å². The Kier molecular flexibility index (Phi) is 27.6. The Balaban J connectivity index is 2.58. The minimum absolute atomic E-state index is 0.0386. The first-order valence-electron chi connectivity index (χ1n) is 18.2. The average Bonchev–Trinajstić information content (AvgIpc) is 3.05. The van der Waals surface area contributed by atoms with Crippen molar-refractivity contribution >= 4 is 13.8 Å². The van der Waals surface area contributed by atoms with Crippen molar-refractivity contribution in [3.8, 4) is 0 Å².